The minimum absolute atomic E-state index is 0.0364. The first-order chi connectivity index (χ1) is 13.2. The van der Waals surface area contributed by atoms with E-state index in [4.69, 9.17) is 16.0 Å². The number of hydrogen-bond acceptors (Lipinski definition) is 4. The number of thioether (sulfide) groups is 1. The molecule has 27 heavy (non-hydrogen) atoms. The third-order valence-electron chi connectivity index (χ3n) is 4.17. The van der Waals surface area contributed by atoms with Gasteiger partial charge in [-0.25, -0.2) is 0 Å². The lowest BCUT2D eigenvalue weighted by molar-refractivity contribution is 0.465. The van der Waals surface area contributed by atoms with Gasteiger partial charge in [0.05, 0.1) is 5.25 Å². The van der Waals surface area contributed by atoms with E-state index < -0.39 is 0 Å². The lowest BCUT2D eigenvalue weighted by Crippen LogP contribution is -1.96. The van der Waals surface area contributed by atoms with Crippen molar-refractivity contribution in [3.63, 3.8) is 0 Å². The van der Waals surface area contributed by atoms with Gasteiger partial charge in [-0.05, 0) is 42.3 Å². The molecule has 5 heteroatoms. The van der Waals surface area contributed by atoms with Crippen LogP contribution in [0.15, 0.2) is 88.5 Å². The number of benzene rings is 3. The highest BCUT2D eigenvalue weighted by atomic mass is 35.5. The summed E-state index contributed by atoms with van der Waals surface area (Å²) in [6.07, 6.45) is 0. The van der Waals surface area contributed by atoms with E-state index in [2.05, 4.69) is 22.3 Å². The van der Waals surface area contributed by atoms with Crippen molar-refractivity contribution >= 4 is 23.4 Å². The van der Waals surface area contributed by atoms with Crippen molar-refractivity contribution in [3.8, 4) is 11.5 Å². The van der Waals surface area contributed by atoms with E-state index in [9.17, 15) is 0 Å². The molecule has 0 saturated heterocycles. The maximum atomic E-state index is 6.06. The van der Waals surface area contributed by atoms with Gasteiger partial charge in [-0.3, -0.25) is 0 Å². The van der Waals surface area contributed by atoms with Gasteiger partial charge in [-0.2, -0.15) is 0 Å². The van der Waals surface area contributed by atoms with Gasteiger partial charge in [0.1, 0.15) is 0 Å². The fourth-order valence-electron chi connectivity index (χ4n) is 2.85. The van der Waals surface area contributed by atoms with Gasteiger partial charge >= 0.3 is 0 Å². The Bertz CT molecular complexity index is 1030. The zero-order valence-corrected chi connectivity index (χ0v) is 16.2. The molecule has 0 aliphatic heterocycles. The van der Waals surface area contributed by atoms with E-state index in [-0.39, 0.29) is 5.25 Å². The maximum absolute atomic E-state index is 6.06. The van der Waals surface area contributed by atoms with Crippen LogP contribution in [0.3, 0.4) is 0 Å². The summed E-state index contributed by atoms with van der Waals surface area (Å²) in [5.74, 6) is 0.532. The van der Waals surface area contributed by atoms with Crippen LogP contribution < -0.4 is 0 Å². The van der Waals surface area contributed by atoms with E-state index in [1.54, 1.807) is 0 Å². The van der Waals surface area contributed by atoms with Crippen LogP contribution >= 0.6 is 23.4 Å². The standard InChI is InChI=1S/C22H17ClN2OS/c1-15-6-5-9-18(14-15)21-24-25-22(26-21)27-20(16-7-3-2-4-8-16)17-10-12-19(23)13-11-17/h2-14,20H,1H3/t20-/m0/s1. The predicted molar refractivity (Wildman–Crippen MR) is 110 cm³/mol. The average molecular weight is 393 g/mol. The van der Waals surface area contributed by atoms with Crippen LogP contribution in [0.1, 0.15) is 21.9 Å². The van der Waals surface area contributed by atoms with Crippen LogP contribution in [0, 0.1) is 6.92 Å². The van der Waals surface area contributed by atoms with Crippen LogP contribution in [0.2, 0.25) is 5.02 Å². The predicted octanol–water partition coefficient (Wildman–Crippen LogP) is 6.58. The van der Waals surface area contributed by atoms with Crippen molar-refractivity contribution in [1.82, 2.24) is 10.2 Å². The van der Waals surface area contributed by atoms with Crippen molar-refractivity contribution in [2.24, 2.45) is 0 Å². The first kappa shape index (κ1) is 17.8. The Morgan fingerprint density at radius 3 is 2.33 bits per heavy atom. The van der Waals surface area contributed by atoms with Crippen molar-refractivity contribution in [1.29, 1.82) is 0 Å². The second kappa shape index (κ2) is 7.99. The smallest absolute Gasteiger partial charge is 0.277 e. The quantitative estimate of drug-likeness (QED) is 0.359. The molecule has 3 aromatic carbocycles. The third kappa shape index (κ3) is 4.24. The fraction of sp³-hybridized carbons (Fsp3) is 0.0909. The molecule has 0 N–H and O–H groups in total. The second-order valence-electron chi connectivity index (χ2n) is 6.20. The molecule has 0 spiro atoms. The van der Waals surface area contributed by atoms with Crippen molar-refractivity contribution < 1.29 is 4.42 Å². The summed E-state index contributed by atoms with van der Waals surface area (Å²) < 4.78 is 5.94. The first-order valence-corrected chi connectivity index (χ1v) is 9.82. The molecule has 134 valence electrons. The van der Waals surface area contributed by atoms with Crippen LogP contribution in [-0.2, 0) is 0 Å². The van der Waals surface area contributed by atoms with Crippen molar-refractivity contribution in [3.05, 3.63) is 101 Å². The molecule has 0 bridgehead atoms. The summed E-state index contributed by atoms with van der Waals surface area (Å²) in [6.45, 7) is 2.04. The van der Waals surface area contributed by atoms with E-state index >= 15 is 0 Å². The highest BCUT2D eigenvalue weighted by molar-refractivity contribution is 7.99. The lowest BCUT2D eigenvalue weighted by Gasteiger charge is -2.15. The molecule has 4 rings (SSSR count). The number of aryl methyl sites for hydroxylation is 1. The normalized spacial score (nSPS) is 12.1. The summed E-state index contributed by atoms with van der Waals surface area (Å²) in [5.41, 5.74) is 4.38. The van der Waals surface area contributed by atoms with Crippen LogP contribution in [0.5, 0.6) is 0 Å². The number of hydrogen-bond donors (Lipinski definition) is 0. The molecule has 0 aliphatic carbocycles. The fourth-order valence-corrected chi connectivity index (χ4v) is 3.98. The number of aromatic nitrogens is 2. The molecule has 0 aliphatic rings. The summed E-state index contributed by atoms with van der Waals surface area (Å²) in [7, 11) is 0. The van der Waals surface area contributed by atoms with Gasteiger partial charge in [0, 0.05) is 10.6 Å². The first-order valence-electron chi connectivity index (χ1n) is 8.57. The van der Waals surface area contributed by atoms with E-state index in [1.165, 1.54) is 17.3 Å². The van der Waals surface area contributed by atoms with Gasteiger partial charge < -0.3 is 4.42 Å². The Labute approximate surface area is 167 Å². The molecule has 0 radical (unpaired) electrons. The molecule has 1 atom stereocenters. The van der Waals surface area contributed by atoms with Gasteiger partial charge in [0.2, 0.25) is 5.89 Å². The second-order valence-corrected chi connectivity index (χ2v) is 7.70. The topological polar surface area (TPSA) is 38.9 Å². The summed E-state index contributed by atoms with van der Waals surface area (Å²) in [6, 6.07) is 26.2. The third-order valence-corrected chi connectivity index (χ3v) is 5.56. The molecule has 1 heterocycles. The largest absolute Gasteiger partial charge is 0.411 e. The zero-order valence-electron chi connectivity index (χ0n) is 14.7. The Morgan fingerprint density at radius 1 is 0.852 bits per heavy atom. The van der Waals surface area contributed by atoms with Crippen LogP contribution in [0.4, 0.5) is 0 Å². The van der Waals surface area contributed by atoms with Gasteiger partial charge in [-0.15, -0.1) is 10.2 Å². The molecular formula is C22H17ClN2OS. The Balaban J connectivity index is 1.65. The number of halogens is 1. The molecule has 0 amide bonds. The van der Waals surface area contributed by atoms with Crippen molar-refractivity contribution in [2.75, 3.05) is 0 Å². The lowest BCUT2D eigenvalue weighted by atomic mass is 10.0. The van der Waals surface area contributed by atoms with E-state index in [0.29, 0.717) is 11.1 Å². The highest BCUT2D eigenvalue weighted by Gasteiger charge is 2.20. The Hall–Kier alpha value is -2.56. The molecule has 0 fully saturated rings. The minimum atomic E-state index is 0.0364. The average Bonchev–Trinajstić information content (AvgIpc) is 3.16. The van der Waals surface area contributed by atoms with Crippen LogP contribution in [-0.4, -0.2) is 10.2 Å². The summed E-state index contributed by atoms with van der Waals surface area (Å²) in [5, 5.41) is 9.77. The molecule has 1 aromatic heterocycles. The zero-order chi connectivity index (χ0) is 18.6. The van der Waals surface area contributed by atoms with E-state index in [0.717, 1.165) is 21.7 Å². The molecule has 4 aromatic rings. The van der Waals surface area contributed by atoms with Gasteiger partial charge in [0.15, 0.2) is 0 Å². The maximum Gasteiger partial charge on any atom is 0.277 e. The Kier molecular flexibility index (Phi) is 5.28. The monoisotopic (exact) mass is 392 g/mol. The number of nitrogens with zero attached hydrogens (tertiary/aromatic N) is 2. The Morgan fingerprint density at radius 2 is 1.59 bits per heavy atom. The molecule has 0 saturated carbocycles. The van der Waals surface area contributed by atoms with Crippen molar-refractivity contribution in [2.45, 2.75) is 17.4 Å². The van der Waals surface area contributed by atoms with Crippen LogP contribution in [0.25, 0.3) is 11.5 Å². The van der Waals surface area contributed by atoms with Gasteiger partial charge in [0.25, 0.3) is 5.22 Å². The van der Waals surface area contributed by atoms with Gasteiger partial charge in [-0.1, -0.05) is 83.5 Å². The number of rotatable bonds is 5. The summed E-state index contributed by atoms with van der Waals surface area (Å²) in [4.78, 5) is 0. The highest BCUT2D eigenvalue weighted by Crippen LogP contribution is 2.40. The molecular weight excluding hydrogens is 376 g/mol. The summed E-state index contributed by atoms with van der Waals surface area (Å²) >= 11 is 7.60. The molecule has 3 nitrogen and oxygen atoms in total. The molecule has 0 unspecified atom stereocenters. The SMILES string of the molecule is Cc1cccc(-c2nnc(S[C@@H](c3ccccc3)c3ccc(Cl)cc3)o2)c1. The minimum Gasteiger partial charge on any atom is -0.411 e. The van der Waals surface area contributed by atoms with E-state index in [1.807, 2.05) is 73.7 Å².